The van der Waals surface area contributed by atoms with Crippen molar-refractivity contribution in [3.63, 3.8) is 0 Å². The lowest BCUT2D eigenvalue weighted by Gasteiger charge is -2.26. The van der Waals surface area contributed by atoms with E-state index in [4.69, 9.17) is 4.74 Å². The summed E-state index contributed by atoms with van der Waals surface area (Å²) in [5.41, 5.74) is 2.73. The molecule has 0 amide bonds. The Labute approximate surface area is 192 Å². The minimum atomic E-state index is -3.53. The average molecular weight is 462 g/mol. The van der Waals surface area contributed by atoms with Gasteiger partial charge in [0.1, 0.15) is 0 Å². The molecule has 2 aromatic heterocycles. The average Bonchev–Trinajstić information content (AvgIpc) is 2.87. The predicted molar refractivity (Wildman–Crippen MR) is 126 cm³/mol. The number of sulfonamides is 1. The maximum atomic E-state index is 12.8. The van der Waals surface area contributed by atoms with Crippen LogP contribution in [-0.4, -0.2) is 54.2 Å². The largest absolute Gasteiger partial charge is 0.379 e. The zero-order valence-corrected chi connectivity index (χ0v) is 18.7. The molecule has 4 aromatic rings. The van der Waals surface area contributed by atoms with E-state index >= 15 is 0 Å². The number of hydrogen-bond donors (Lipinski definition) is 1. The van der Waals surface area contributed by atoms with Gasteiger partial charge in [0.05, 0.1) is 23.8 Å². The highest BCUT2D eigenvalue weighted by Gasteiger charge is 2.26. The fourth-order valence-corrected chi connectivity index (χ4v) is 5.27. The first kappa shape index (κ1) is 21.4. The summed E-state index contributed by atoms with van der Waals surface area (Å²) in [6.07, 6.45) is 4.19. The van der Waals surface area contributed by atoms with Crippen LogP contribution in [0.1, 0.15) is 11.3 Å². The molecule has 0 aliphatic carbocycles. The number of benzene rings is 2. The second-order valence-corrected chi connectivity index (χ2v) is 9.68. The number of fused-ring (bicyclic) bond motifs is 1. The Morgan fingerprint density at radius 3 is 2.30 bits per heavy atom. The monoisotopic (exact) mass is 461 g/mol. The number of aromatic nitrogens is 3. The van der Waals surface area contributed by atoms with Crippen LogP contribution in [0.5, 0.6) is 0 Å². The first-order valence-electron chi connectivity index (χ1n) is 10.7. The lowest BCUT2D eigenvalue weighted by molar-refractivity contribution is 0.0730. The summed E-state index contributed by atoms with van der Waals surface area (Å²) in [5.74, 6) is 0.618. The Morgan fingerprint density at radius 1 is 0.879 bits per heavy atom. The third-order valence-electron chi connectivity index (χ3n) is 5.61. The quantitative estimate of drug-likeness (QED) is 0.470. The topological polar surface area (TPSA) is 97.3 Å². The van der Waals surface area contributed by atoms with Crippen molar-refractivity contribution in [2.24, 2.45) is 0 Å². The van der Waals surface area contributed by atoms with Crippen LogP contribution in [0.4, 0.5) is 11.5 Å². The van der Waals surface area contributed by atoms with Gasteiger partial charge in [-0.05, 0) is 42.0 Å². The first-order valence-corrected chi connectivity index (χ1v) is 12.1. The van der Waals surface area contributed by atoms with Crippen molar-refractivity contribution in [1.82, 2.24) is 19.5 Å². The van der Waals surface area contributed by atoms with Crippen LogP contribution >= 0.6 is 0 Å². The Hall–Kier alpha value is -3.40. The van der Waals surface area contributed by atoms with Gasteiger partial charge < -0.3 is 10.1 Å². The minimum absolute atomic E-state index is 0.263. The molecule has 2 aromatic carbocycles. The summed E-state index contributed by atoms with van der Waals surface area (Å²) in [4.78, 5) is 4.33. The molecule has 1 saturated heterocycles. The van der Waals surface area contributed by atoms with E-state index in [0.717, 1.165) is 27.7 Å². The lowest BCUT2D eigenvalue weighted by atomic mass is 10.0. The number of rotatable bonds is 6. The molecule has 33 heavy (non-hydrogen) atoms. The van der Waals surface area contributed by atoms with E-state index < -0.39 is 10.0 Å². The normalized spacial score (nSPS) is 14.9. The molecule has 1 fully saturated rings. The first-order chi connectivity index (χ1) is 16.1. The number of nitrogens with one attached hydrogen (secondary N) is 1. The molecule has 0 radical (unpaired) electrons. The van der Waals surface area contributed by atoms with E-state index in [1.165, 1.54) is 4.31 Å². The summed E-state index contributed by atoms with van der Waals surface area (Å²) in [7, 11) is -3.53. The molecule has 0 saturated carbocycles. The van der Waals surface area contributed by atoms with E-state index in [9.17, 15) is 8.42 Å². The smallest absolute Gasteiger partial charge is 0.243 e. The Morgan fingerprint density at radius 2 is 1.58 bits per heavy atom. The zero-order chi connectivity index (χ0) is 22.7. The van der Waals surface area contributed by atoms with Crippen LogP contribution in [0, 0.1) is 0 Å². The van der Waals surface area contributed by atoms with Crippen LogP contribution in [0.25, 0.3) is 10.8 Å². The maximum Gasteiger partial charge on any atom is 0.243 e. The fourth-order valence-electron chi connectivity index (χ4n) is 3.86. The maximum absolute atomic E-state index is 12.8. The van der Waals surface area contributed by atoms with Gasteiger partial charge in [0.15, 0.2) is 5.82 Å². The molecule has 0 bridgehead atoms. The molecule has 1 aliphatic rings. The van der Waals surface area contributed by atoms with Gasteiger partial charge in [-0.2, -0.15) is 9.40 Å². The van der Waals surface area contributed by atoms with E-state index in [1.54, 1.807) is 36.7 Å². The molecular weight excluding hydrogens is 438 g/mol. The molecule has 1 aliphatic heterocycles. The van der Waals surface area contributed by atoms with Gasteiger partial charge in [0.2, 0.25) is 10.0 Å². The van der Waals surface area contributed by atoms with E-state index in [2.05, 4.69) is 20.5 Å². The fraction of sp³-hybridized carbons (Fsp3) is 0.208. The van der Waals surface area contributed by atoms with Gasteiger partial charge in [-0.1, -0.05) is 24.3 Å². The molecule has 9 heteroatoms. The van der Waals surface area contributed by atoms with Crippen molar-refractivity contribution in [2.75, 3.05) is 31.6 Å². The highest BCUT2D eigenvalue weighted by Crippen LogP contribution is 2.27. The second-order valence-electron chi connectivity index (χ2n) is 7.74. The Balaban J connectivity index is 1.40. The summed E-state index contributed by atoms with van der Waals surface area (Å²) in [6.45, 7) is 1.58. The molecule has 3 heterocycles. The van der Waals surface area contributed by atoms with Gasteiger partial charge >= 0.3 is 0 Å². The summed E-state index contributed by atoms with van der Waals surface area (Å²) < 4.78 is 32.4. The summed E-state index contributed by atoms with van der Waals surface area (Å²) in [5, 5.41) is 14.1. The molecule has 168 valence electrons. The van der Waals surface area contributed by atoms with Crippen LogP contribution in [0.3, 0.4) is 0 Å². The van der Waals surface area contributed by atoms with Gasteiger partial charge in [-0.25, -0.2) is 8.42 Å². The number of ether oxygens (including phenoxy) is 1. The van der Waals surface area contributed by atoms with E-state index in [-0.39, 0.29) is 4.90 Å². The number of pyridine rings is 1. The van der Waals surface area contributed by atoms with E-state index in [1.807, 2.05) is 36.4 Å². The third kappa shape index (κ3) is 4.56. The van der Waals surface area contributed by atoms with Gasteiger partial charge in [0, 0.05) is 48.4 Å². The number of morpholine rings is 1. The van der Waals surface area contributed by atoms with Gasteiger partial charge in [0.25, 0.3) is 0 Å². The Bertz CT molecular complexity index is 1360. The van der Waals surface area contributed by atoms with Crippen molar-refractivity contribution in [1.29, 1.82) is 0 Å². The summed E-state index contributed by atoms with van der Waals surface area (Å²) >= 11 is 0. The van der Waals surface area contributed by atoms with E-state index in [0.29, 0.717) is 38.5 Å². The number of nitrogens with zero attached hydrogens (tertiary/aromatic N) is 4. The van der Waals surface area contributed by atoms with Gasteiger partial charge in [-0.15, -0.1) is 5.10 Å². The molecular formula is C24H23N5O3S. The van der Waals surface area contributed by atoms with Crippen molar-refractivity contribution < 1.29 is 13.2 Å². The number of anilines is 2. The Kier molecular flexibility index (Phi) is 5.99. The standard InChI is InChI=1S/C24H23N5O3S/c30-33(31,29-13-15-32-16-14-29)20-7-5-19(6-8-20)26-24-22-4-2-1-3-21(22)23(27-28-24)17-18-9-11-25-12-10-18/h1-12H,13-17H2,(H,26,28). The minimum Gasteiger partial charge on any atom is -0.379 e. The van der Waals surface area contributed by atoms with Crippen molar-refractivity contribution in [3.05, 3.63) is 84.3 Å². The highest BCUT2D eigenvalue weighted by atomic mass is 32.2. The van der Waals surface area contributed by atoms with Crippen LogP contribution < -0.4 is 5.32 Å². The SMILES string of the molecule is O=S(=O)(c1ccc(Nc2nnc(Cc3ccncc3)c3ccccc23)cc1)N1CCOCC1. The summed E-state index contributed by atoms with van der Waals surface area (Å²) in [6, 6.07) is 18.6. The van der Waals surface area contributed by atoms with Crippen molar-refractivity contribution >= 4 is 32.3 Å². The zero-order valence-electron chi connectivity index (χ0n) is 17.9. The molecule has 0 atom stereocenters. The van der Waals surface area contributed by atoms with Crippen LogP contribution in [0.2, 0.25) is 0 Å². The molecule has 5 rings (SSSR count). The predicted octanol–water partition coefficient (Wildman–Crippen LogP) is 3.38. The molecule has 1 N–H and O–H groups in total. The molecule has 0 unspecified atom stereocenters. The number of hydrogen-bond acceptors (Lipinski definition) is 7. The van der Waals surface area contributed by atoms with Crippen LogP contribution in [0.15, 0.2) is 78.0 Å². The third-order valence-corrected chi connectivity index (χ3v) is 7.52. The van der Waals surface area contributed by atoms with Crippen molar-refractivity contribution in [2.45, 2.75) is 11.3 Å². The van der Waals surface area contributed by atoms with Crippen molar-refractivity contribution in [3.8, 4) is 0 Å². The molecule has 0 spiro atoms. The van der Waals surface area contributed by atoms with Crippen LogP contribution in [-0.2, 0) is 21.2 Å². The highest BCUT2D eigenvalue weighted by molar-refractivity contribution is 7.89. The molecule has 8 nitrogen and oxygen atoms in total. The second kappa shape index (κ2) is 9.22. The lowest BCUT2D eigenvalue weighted by Crippen LogP contribution is -2.40. The van der Waals surface area contributed by atoms with Gasteiger partial charge in [-0.3, -0.25) is 4.98 Å².